The van der Waals surface area contributed by atoms with E-state index in [1.807, 2.05) is 85.3 Å². The monoisotopic (exact) mass is 693 g/mol. The zero-order valence-corrected chi connectivity index (χ0v) is 30.5. The van der Waals surface area contributed by atoms with Crippen LogP contribution in [-0.4, -0.2) is 93.9 Å². The Morgan fingerprint density at radius 3 is 2.63 bits per heavy atom. The smallest absolute Gasteiger partial charge is 0.320 e. The summed E-state index contributed by atoms with van der Waals surface area (Å²) < 4.78 is 15.8. The number of hydrogen-bond acceptors (Lipinski definition) is 8. The molecule has 12 heteroatoms. The molecule has 12 nitrogen and oxygen atoms in total. The molecule has 0 radical (unpaired) electrons. The minimum absolute atomic E-state index is 0.123. The molecular weight excluding hydrogens is 642 g/mol. The molecule has 1 aliphatic carbocycles. The van der Waals surface area contributed by atoms with Gasteiger partial charge in [0.1, 0.15) is 17.7 Å². The zero-order chi connectivity index (χ0) is 36.0. The maximum atomic E-state index is 13.6. The maximum Gasteiger partial charge on any atom is 0.320 e. The number of urea groups is 1. The van der Waals surface area contributed by atoms with Gasteiger partial charge in [-0.1, -0.05) is 69.4 Å². The molecule has 1 fully saturated rings. The Morgan fingerprint density at radius 2 is 1.86 bits per heavy atom. The van der Waals surface area contributed by atoms with Crippen molar-refractivity contribution < 1.29 is 14.3 Å². The van der Waals surface area contributed by atoms with E-state index in [2.05, 4.69) is 64.1 Å². The lowest BCUT2D eigenvalue weighted by atomic mass is 9.92. The van der Waals surface area contributed by atoms with Gasteiger partial charge in [-0.05, 0) is 49.6 Å². The first-order valence-corrected chi connectivity index (χ1v) is 17.8. The quantitative estimate of drug-likeness (QED) is 0.217. The fraction of sp³-hybridized carbons (Fsp3) is 0.436. The van der Waals surface area contributed by atoms with E-state index in [-0.39, 0.29) is 23.6 Å². The molecule has 0 saturated carbocycles. The van der Waals surface area contributed by atoms with E-state index in [0.717, 1.165) is 79.3 Å². The van der Waals surface area contributed by atoms with Gasteiger partial charge in [-0.2, -0.15) is 5.10 Å². The maximum absolute atomic E-state index is 13.6. The summed E-state index contributed by atoms with van der Waals surface area (Å²) in [6.07, 6.45) is 11.9. The molecule has 2 N–H and O–H groups in total. The molecule has 1 saturated heterocycles. The lowest BCUT2D eigenvalue weighted by molar-refractivity contribution is 0.0392. The summed E-state index contributed by atoms with van der Waals surface area (Å²) in [6, 6.07) is 13.3. The lowest BCUT2D eigenvalue weighted by Gasteiger charge is -2.28. The Kier molecular flexibility index (Phi) is 11.2. The van der Waals surface area contributed by atoms with Gasteiger partial charge in [-0.25, -0.2) is 9.48 Å². The SMILES string of the molecule is C=C1/C=C\C=C/C[C@H](Oc2ccc3nnc(N(C)CCN4CCOCC4)n3c2)CC[C@@H]1NC(=O)Nc1cc(C(C)(C)C)nn1-c1ccc(C)cc1. The first kappa shape index (κ1) is 35.9. The number of rotatable bonds is 9. The van der Waals surface area contributed by atoms with Gasteiger partial charge in [-0.3, -0.25) is 14.6 Å². The van der Waals surface area contributed by atoms with Crippen molar-refractivity contribution in [2.75, 3.05) is 56.7 Å². The van der Waals surface area contributed by atoms with Crippen molar-refractivity contribution in [3.8, 4) is 11.4 Å². The van der Waals surface area contributed by atoms with E-state index in [1.165, 1.54) is 0 Å². The van der Waals surface area contributed by atoms with Crippen LogP contribution in [0.2, 0.25) is 0 Å². The van der Waals surface area contributed by atoms with Crippen molar-refractivity contribution in [3.05, 3.63) is 96.4 Å². The molecule has 3 aromatic heterocycles. The van der Waals surface area contributed by atoms with Crippen molar-refractivity contribution in [3.63, 3.8) is 0 Å². The van der Waals surface area contributed by atoms with Crippen LogP contribution in [0, 0.1) is 6.92 Å². The summed E-state index contributed by atoms with van der Waals surface area (Å²) in [4.78, 5) is 18.1. The van der Waals surface area contributed by atoms with Gasteiger partial charge < -0.3 is 19.7 Å². The van der Waals surface area contributed by atoms with E-state index < -0.39 is 0 Å². The molecule has 2 amide bonds. The molecule has 2 atom stereocenters. The Bertz CT molecular complexity index is 1860. The van der Waals surface area contributed by atoms with Gasteiger partial charge in [0, 0.05) is 51.1 Å². The van der Waals surface area contributed by atoms with E-state index in [0.29, 0.717) is 25.1 Å². The molecule has 1 aliphatic heterocycles. The molecule has 6 rings (SSSR count). The molecule has 2 aliphatic rings. The van der Waals surface area contributed by atoms with Crippen molar-refractivity contribution >= 4 is 23.4 Å². The van der Waals surface area contributed by atoms with Crippen LogP contribution in [0.25, 0.3) is 11.3 Å². The number of likely N-dealkylation sites (N-methyl/N-ethyl adjacent to an activating group) is 1. The number of aromatic nitrogens is 5. The third kappa shape index (κ3) is 9.25. The number of fused-ring (bicyclic) bond motifs is 1. The molecular formula is C39H51N9O3. The van der Waals surface area contributed by atoms with Crippen LogP contribution in [0.5, 0.6) is 5.75 Å². The number of ether oxygens (including phenoxy) is 2. The van der Waals surface area contributed by atoms with Crippen LogP contribution in [0.15, 0.2) is 85.1 Å². The summed E-state index contributed by atoms with van der Waals surface area (Å²) in [5, 5.41) is 20.0. The summed E-state index contributed by atoms with van der Waals surface area (Å²) in [7, 11) is 2.04. The Labute approximate surface area is 300 Å². The average molecular weight is 694 g/mol. The third-order valence-electron chi connectivity index (χ3n) is 9.34. The van der Waals surface area contributed by atoms with Crippen molar-refractivity contribution in [2.24, 2.45) is 0 Å². The van der Waals surface area contributed by atoms with E-state index in [4.69, 9.17) is 14.6 Å². The van der Waals surface area contributed by atoms with Crippen LogP contribution >= 0.6 is 0 Å². The van der Waals surface area contributed by atoms with Crippen LogP contribution in [0.1, 0.15) is 51.3 Å². The highest BCUT2D eigenvalue weighted by atomic mass is 16.5. The number of nitrogens with zero attached hydrogens (tertiary/aromatic N) is 7. The summed E-state index contributed by atoms with van der Waals surface area (Å²) in [5.41, 5.74) is 4.29. The number of allylic oxidation sites excluding steroid dienone is 2. The van der Waals surface area contributed by atoms with Crippen LogP contribution in [-0.2, 0) is 10.2 Å². The van der Waals surface area contributed by atoms with E-state index >= 15 is 0 Å². The van der Waals surface area contributed by atoms with Crippen LogP contribution in [0.3, 0.4) is 0 Å². The number of carbonyl (C=O) groups is 1. The molecule has 270 valence electrons. The second-order valence-corrected chi connectivity index (χ2v) is 14.4. The van der Waals surface area contributed by atoms with E-state index in [9.17, 15) is 4.79 Å². The number of nitrogens with one attached hydrogen (secondary N) is 2. The highest BCUT2D eigenvalue weighted by molar-refractivity contribution is 5.89. The third-order valence-corrected chi connectivity index (χ3v) is 9.34. The first-order chi connectivity index (χ1) is 24.5. The highest BCUT2D eigenvalue weighted by Crippen LogP contribution is 2.27. The second kappa shape index (κ2) is 15.9. The van der Waals surface area contributed by atoms with Crippen LogP contribution in [0.4, 0.5) is 16.6 Å². The summed E-state index contributed by atoms with van der Waals surface area (Å²) in [6.45, 7) is 17.9. The molecule has 0 spiro atoms. The number of anilines is 2. The first-order valence-electron chi connectivity index (χ1n) is 17.8. The Morgan fingerprint density at radius 1 is 1.08 bits per heavy atom. The summed E-state index contributed by atoms with van der Waals surface area (Å²) >= 11 is 0. The van der Waals surface area contributed by atoms with Crippen molar-refractivity contribution in [2.45, 2.75) is 64.5 Å². The predicted molar refractivity (Wildman–Crippen MR) is 202 cm³/mol. The molecule has 51 heavy (non-hydrogen) atoms. The molecule has 1 aromatic carbocycles. The number of carbonyl (C=O) groups excluding carboxylic acids is 1. The van der Waals surface area contributed by atoms with Crippen molar-refractivity contribution in [1.82, 2.24) is 34.6 Å². The van der Waals surface area contributed by atoms with Gasteiger partial charge >= 0.3 is 6.03 Å². The van der Waals surface area contributed by atoms with Gasteiger partial charge in [0.15, 0.2) is 5.65 Å². The van der Waals surface area contributed by atoms with Crippen molar-refractivity contribution in [1.29, 1.82) is 0 Å². The zero-order valence-electron chi connectivity index (χ0n) is 30.5. The topological polar surface area (TPSA) is 114 Å². The van der Waals surface area contributed by atoms with Gasteiger partial charge in [0.05, 0.1) is 36.8 Å². The minimum atomic E-state index is -0.323. The molecule has 0 unspecified atom stereocenters. The number of aryl methyl sites for hydroxylation is 1. The van der Waals surface area contributed by atoms with E-state index in [1.54, 1.807) is 4.68 Å². The largest absolute Gasteiger partial charge is 0.489 e. The number of hydrogen-bond donors (Lipinski definition) is 2. The Balaban J connectivity index is 1.12. The summed E-state index contributed by atoms with van der Waals surface area (Å²) in [5.74, 6) is 2.10. The fourth-order valence-electron chi connectivity index (χ4n) is 6.16. The lowest BCUT2D eigenvalue weighted by Crippen LogP contribution is -2.41. The number of pyridine rings is 1. The minimum Gasteiger partial charge on any atom is -0.489 e. The molecule has 4 aromatic rings. The highest BCUT2D eigenvalue weighted by Gasteiger charge is 2.24. The normalized spacial score (nSPS) is 20.1. The Hall–Kier alpha value is -4.94. The van der Waals surface area contributed by atoms with Gasteiger partial charge in [0.25, 0.3) is 0 Å². The van der Waals surface area contributed by atoms with Crippen LogP contribution < -0.4 is 20.3 Å². The number of amides is 2. The van der Waals surface area contributed by atoms with Gasteiger partial charge in [-0.15, -0.1) is 10.2 Å². The second-order valence-electron chi connectivity index (χ2n) is 14.4. The molecule has 0 bridgehead atoms. The van der Waals surface area contributed by atoms with Gasteiger partial charge in [0.2, 0.25) is 5.95 Å². The number of morpholine rings is 1. The average Bonchev–Trinajstić information content (AvgIpc) is 3.74. The predicted octanol–water partition coefficient (Wildman–Crippen LogP) is 6.08. The number of benzene rings is 1. The fourth-order valence-corrected chi connectivity index (χ4v) is 6.16. The standard InChI is InChI=1S/C39H51N9O3/c1-28-12-14-30(15-13-28)48-36(26-34(44-48)39(3,4)5)41-37(49)40-33-18-16-31(11-9-7-8-10-29(33)2)51-32-17-19-35-42-43-38(47(35)27-32)45(6)20-21-46-22-24-50-25-23-46/h7-10,12-15,17,19,26-27,31,33H,2,11,16,18,20-25H2,1,3-6H3,(H2,40,41,49)/b9-7-,10-8-/t31-,33-/m0/s1. The molecule has 4 heterocycles.